The van der Waals surface area contributed by atoms with Gasteiger partial charge in [0, 0.05) is 26.1 Å². The normalized spacial score (nSPS) is 17.2. The molecule has 0 saturated carbocycles. The van der Waals surface area contributed by atoms with Crippen LogP contribution in [0, 0.1) is 0 Å². The van der Waals surface area contributed by atoms with Crippen molar-refractivity contribution >= 4 is 12.0 Å². The van der Waals surface area contributed by atoms with Gasteiger partial charge in [0.25, 0.3) is 0 Å². The summed E-state index contributed by atoms with van der Waals surface area (Å²) < 4.78 is 0. The molecule has 0 aromatic heterocycles. The third kappa shape index (κ3) is 3.52. The Bertz CT molecular complexity index is 532. The van der Waals surface area contributed by atoms with Crippen molar-refractivity contribution in [1.82, 2.24) is 9.96 Å². The standard InChI is InChI=1S/C15H20N2O4/c1-16(21-2)14(18)8-7-13-9-11-5-3-4-6-12(11)10-17(13)15(19)20/h3-6,13H,7-10H2,1-2H3,(H,19,20). The number of carboxylic acid groups (broad SMARTS) is 1. The Balaban J connectivity index is 2.07. The molecule has 0 fully saturated rings. The summed E-state index contributed by atoms with van der Waals surface area (Å²) in [6.07, 6.45) is 0.461. The Morgan fingerprint density at radius 3 is 2.67 bits per heavy atom. The van der Waals surface area contributed by atoms with E-state index in [4.69, 9.17) is 4.84 Å². The monoisotopic (exact) mass is 292 g/mol. The lowest BCUT2D eigenvalue weighted by atomic mass is 9.92. The second-order valence-corrected chi connectivity index (χ2v) is 5.15. The first-order valence-corrected chi connectivity index (χ1v) is 6.90. The first-order valence-electron chi connectivity index (χ1n) is 6.90. The molecule has 1 aliphatic heterocycles. The Hall–Kier alpha value is -2.08. The summed E-state index contributed by atoms with van der Waals surface area (Å²) in [5, 5.41) is 10.5. The molecule has 0 radical (unpaired) electrons. The molecule has 2 amide bonds. The van der Waals surface area contributed by atoms with Crippen LogP contribution in [0.5, 0.6) is 0 Å². The molecule has 6 heteroatoms. The van der Waals surface area contributed by atoms with Gasteiger partial charge < -0.3 is 10.0 Å². The molecular weight excluding hydrogens is 272 g/mol. The quantitative estimate of drug-likeness (QED) is 0.860. The minimum absolute atomic E-state index is 0.151. The fourth-order valence-electron chi connectivity index (χ4n) is 2.62. The minimum atomic E-state index is -0.943. The van der Waals surface area contributed by atoms with Crippen molar-refractivity contribution in [3.05, 3.63) is 35.4 Å². The number of hydroxylamine groups is 2. The van der Waals surface area contributed by atoms with E-state index < -0.39 is 6.09 Å². The highest BCUT2D eigenvalue weighted by Crippen LogP contribution is 2.25. The summed E-state index contributed by atoms with van der Waals surface area (Å²) in [6.45, 7) is 0.379. The summed E-state index contributed by atoms with van der Waals surface area (Å²) in [5.74, 6) is -0.151. The van der Waals surface area contributed by atoms with Crippen molar-refractivity contribution in [2.45, 2.75) is 31.8 Å². The maximum Gasteiger partial charge on any atom is 0.407 e. The molecule has 1 heterocycles. The van der Waals surface area contributed by atoms with Crippen molar-refractivity contribution < 1.29 is 19.5 Å². The molecule has 2 rings (SSSR count). The number of carbonyl (C=O) groups excluding carboxylic acids is 1. The Labute approximate surface area is 123 Å². The zero-order valence-corrected chi connectivity index (χ0v) is 12.3. The van der Waals surface area contributed by atoms with Gasteiger partial charge in [0.05, 0.1) is 7.11 Å². The number of rotatable bonds is 4. The fraction of sp³-hybridized carbons (Fsp3) is 0.467. The maximum atomic E-state index is 11.8. The van der Waals surface area contributed by atoms with Gasteiger partial charge in [0.1, 0.15) is 0 Å². The summed E-state index contributed by atoms with van der Waals surface area (Å²) in [6, 6.07) is 7.66. The van der Waals surface area contributed by atoms with E-state index >= 15 is 0 Å². The average molecular weight is 292 g/mol. The predicted octanol–water partition coefficient (Wildman–Crippen LogP) is 1.89. The number of hydrogen-bond acceptors (Lipinski definition) is 3. The Morgan fingerprint density at radius 1 is 1.38 bits per heavy atom. The maximum absolute atomic E-state index is 11.8. The number of fused-ring (bicyclic) bond motifs is 1. The van der Waals surface area contributed by atoms with E-state index in [9.17, 15) is 14.7 Å². The molecule has 21 heavy (non-hydrogen) atoms. The number of carbonyl (C=O) groups is 2. The lowest BCUT2D eigenvalue weighted by molar-refractivity contribution is -0.169. The molecule has 114 valence electrons. The van der Waals surface area contributed by atoms with E-state index in [1.165, 1.54) is 17.1 Å². The van der Waals surface area contributed by atoms with Gasteiger partial charge in [-0.25, -0.2) is 9.86 Å². The van der Waals surface area contributed by atoms with E-state index in [1.807, 2.05) is 24.3 Å². The van der Waals surface area contributed by atoms with Crippen molar-refractivity contribution in [2.75, 3.05) is 14.2 Å². The minimum Gasteiger partial charge on any atom is -0.465 e. The summed E-state index contributed by atoms with van der Waals surface area (Å²) >= 11 is 0. The van der Waals surface area contributed by atoms with E-state index in [0.717, 1.165) is 11.1 Å². The van der Waals surface area contributed by atoms with Crippen molar-refractivity contribution in [1.29, 1.82) is 0 Å². The smallest absolute Gasteiger partial charge is 0.407 e. The molecule has 1 aromatic carbocycles. The first kappa shape index (κ1) is 15.3. The van der Waals surface area contributed by atoms with Gasteiger partial charge >= 0.3 is 6.09 Å². The van der Waals surface area contributed by atoms with Crippen LogP contribution in [0.4, 0.5) is 4.79 Å². The average Bonchev–Trinajstić information content (AvgIpc) is 2.50. The highest BCUT2D eigenvalue weighted by Gasteiger charge is 2.29. The van der Waals surface area contributed by atoms with Crippen LogP contribution < -0.4 is 0 Å². The van der Waals surface area contributed by atoms with Crippen LogP contribution in [0.2, 0.25) is 0 Å². The van der Waals surface area contributed by atoms with Crippen LogP contribution in [0.3, 0.4) is 0 Å². The molecule has 0 saturated heterocycles. The highest BCUT2D eigenvalue weighted by atomic mass is 16.7. The van der Waals surface area contributed by atoms with Crippen molar-refractivity contribution in [3.63, 3.8) is 0 Å². The van der Waals surface area contributed by atoms with E-state index in [0.29, 0.717) is 19.4 Å². The van der Waals surface area contributed by atoms with Crippen molar-refractivity contribution in [2.24, 2.45) is 0 Å². The lowest BCUT2D eigenvalue weighted by Gasteiger charge is -2.35. The summed E-state index contributed by atoms with van der Waals surface area (Å²) in [7, 11) is 2.98. The first-order chi connectivity index (χ1) is 10.0. The van der Waals surface area contributed by atoms with Gasteiger partial charge in [-0.05, 0) is 24.0 Å². The third-order valence-corrected chi connectivity index (χ3v) is 3.92. The van der Waals surface area contributed by atoms with E-state index in [-0.39, 0.29) is 18.4 Å². The number of amides is 2. The molecule has 1 atom stereocenters. The van der Waals surface area contributed by atoms with Crippen LogP contribution >= 0.6 is 0 Å². The molecule has 1 aromatic rings. The largest absolute Gasteiger partial charge is 0.465 e. The third-order valence-electron chi connectivity index (χ3n) is 3.92. The second kappa shape index (κ2) is 6.58. The molecule has 0 bridgehead atoms. The van der Waals surface area contributed by atoms with Crippen LogP contribution in [0.1, 0.15) is 24.0 Å². The van der Waals surface area contributed by atoms with Gasteiger partial charge in [0.15, 0.2) is 0 Å². The number of hydrogen-bond donors (Lipinski definition) is 1. The Kier molecular flexibility index (Phi) is 4.80. The van der Waals surface area contributed by atoms with E-state index in [2.05, 4.69) is 0 Å². The van der Waals surface area contributed by atoms with Crippen LogP contribution in [0.15, 0.2) is 24.3 Å². The highest BCUT2D eigenvalue weighted by molar-refractivity contribution is 5.75. The molecular formula is C15H20N2O4. The van der Waals surface area contributed by atoms with Gasteiger partial charge in [-0.1, -0.05) is 24.3 Å². The summed E-state index contributed by atoms with van der Waals surface area (Å²) in [5.41, 5.74) is 2.20. The second-order valence-electron chi connectivity index (χ2n) is 5.15. The molecule has 1 aliphatic rings. The molecule has 1 N–H and O–H groups in total. The summed E-state index contributed by atoms with van der Waals surface area (Å²) in [4.78, 5) is 29.4. The fourth-order valence-corrected chi connectivity index (χ4v) is 2.62. The van der Waals surface area contributed by atoms with Crippen LogP contribution in [0.25, 0.3) is 0 Å². The van der Waals surface area contributed by atoms with Gasteiger partial charge in [-0.2, -0.15) is 0 Å². The van der Waals surface area contributed by atoms with Gasteiger partial charge in [0.2, 0.25) is 5.91 Å². The van der Waals surface area contributed by atoms with Gasteiger partial charge in [-0.3, -0.25) is 9.63 Å². The van der Waals surface area contributed by atoms with E-state index in [1.54, 1.807) is 7.05 Å². The molecule has 6 nitrogen and oxygen atoms in total. The zero-order chi connectivity index (χ0) is 15.4. The van der Waals surface area contributed by atoms with Crippen LogP contribution in [-0.2, 0) is 22.6 Å². The zero-order valence-electron chi connectivity index (χ0n) is 12.3. The molecule has 0 aliphatic carbocycles. The topological polar surface area (TPSA) is 70.1 Å². The molecule has 1 unspecified atom stereocenters. The number of nitrogens with zero attached hydrogens (tertiary/aromatic N) is 2. The predicted molar refractivity (Wildman–Crippen MR) is 76.5 cm³/mol. The SMILES string of the molecule is CON(C)C(=O)CCC1Cc2ccccc2CN1C(=O)O. The number of benzene rings is 1. The van der Waals surface area contributed by atoms with Gasteiger partial charge in [-0.15, -0.1) is 0 Å². The van der Waals surface area contributed by atoms with Crippen molar-refractivity contribution in [3.8, 4) is 0 Å². The Morgan fingerprint density at radius 2 is 2.05 bits per heavy atom. The molecule has 0 spiro atoms. The lowest BCUT2D eigenvalue weighted by Crippen LogP contribution is -2.44. The van der Waals surface area contributed by atoms with Crippen LogP contribution in [-0.4, -0.2) is 47.3 Å².